The summed E-state index contributed by atoms with van der Waals surface area (Å²) in [7, 11) is 1.56. The fourth-order valence-corrected chi connectivity index (χ4v) is 5.02. The molecule has 0 aliphatic heterocycles. The van der Waals surface area contributed by atoms with E-state index in [-0.39, 0.29) is 24.4 Å². The van der Waals surface area contributed by atoms with Crippen molar-refractivity contribution in [3.63, 3.8) is 0 Å². The van der Waals surface area contributed by atoms with Crippen molar-refractivity contribution in [3.8, 4) is 22.5 Å². The van der Waals surface area contributed by atoms with Crippen molar-refractivity contribution < 1.29 is 4.74 Å². The molecule has 3 heterocycles. The monoisotopic (exact) mass is 542 g/mol. The first-order chi connectivity index (χ1) is 19.6. The molecule has 0 saturated carbocycles. The Kier molecular flexibility index (Phi) is 8.30. The number of unbranched alkanes of at least 4 members (excludes halogenated alkanes) is 1. The third kappa shape index (κ3) is 5.24. The average molecular weight is 543 g/mol. The molecule has 5 aromatic rings. The summed E-state index contributed by atoms with van der Waals surface area (Å²) < 4.78 is 10.1. The number of nitrogens with one attached hydrogen (secondary N) is 1. The number of aromatic amines is 1. The molecule has 0 unspecified atom stereocenters. The first-order valence-electron chi connectivity index (χ1n) is 13.7. The third-order valence-corrected chi connectivity index (χ3v) is 7.05. The Morgan fingerprint density at radius 2 is 1.68 bits per heavy atom. The first kappa shape index (κ1) is 27.2. The smallest absolute Gasteiger partial charge is 0.332 e. The molecule has 0 aliphatic carbocycles. The molecule has 1 N–H and O–H groups in total. The number of ether oxygens (including phenoxy) is 1. The fourth-order valence-electron chi connectivity index (χ4n) is 5.02. The molecule has 0 amide bonds. The highest BCUT2D eigenvalue weighted by atomic mass is 16.5. The van der Waals surface area contributed by atoms with Gasteiger partial charge in [0.1, 0.15) is 5.82 Å². The number of tetrazole rings is 1. The zero-order valence-electron chi connectivity index (χ0n) is 23.1. The minimum atomic E-state index is -0.340. The summed E-state index contributed by atoms with van der Waals surface area (Å²) >= 11 is 0. The van der Waals surface area contributed by atoms with Crippen molar-refractivity contribution >= 4 is 11.2 Å². The van der Waals surface area contributed by atoms with Gasteiger partial charge in [0.05, 0.1) is 13.2 Å². The molecule has 208 valence electrons. The molecule has 0 atom stereocenters. The van der Waals surface area contributed by atoms with Gasteiger partial charge >= 0.3 is 5.69 Å². The number of nitrogens with zero attached hydrogens (tertiary/aromatic N) is 7. The molecule has 11 nitrogen and oxygen atoms in total. The summed E-state index contributed by atoms with van der Waals surface area (Å²) in [6.45, 7) is 5.56. The van der Waals surface area contributed by atoms with Gasteiger partial charge in [0.2, 0.25) is 0 Å². The van der Waals surface area contributed by atoms with Crippen LogP contribution in [0.4, 0.5) is 0 Å². The predicted molar refractivity (Wildman–Crippen MR) is 153 cm³/mol. The Bertz CT molecular complexity index is 1700. The number of methoxy groups -OCH3 is 1. The maximum absolute atomic E-state index is 13.7. The highest BCUT2D eigenvalue weighted by Crippen LogP contribution is 2.30. The lowest BCUT2D eigenvalue weighted by molar-refractivity contribution is 0.184. The zero-order chi connectivity index (χ0) is 28.1. The van der Waals surface area contributed by atoms with Crippen LogP contribution in [0, 0.1) is 0 Å². The number of H-pyrrole nitrogens is 1. The molecule has 0 bridgehead atoms. The highest BCUT2D eigenvalue weighted by molar-refractivity contribution is 5.80. The van der Waals surface area contributed by atoms with E-state index < -0.39 is 0 Å². The van der Waals surface area contributed by atoms with Crippen LogP contribution in [-0.4, -0.2) is 53.0 Å². The van der Waals surface area contributed by atoms with Crippen molar-refractivity contribution in [1.82, 2.24) is 39.3 Å². The van der Waals surface area contributed by atoms with E-state index >= 15 is 0 Å². The Hall–Kier alpha value is -4.38. The van der Waals surface area contributed by atoms with Gasteiger partial charge in [-0.25, -0.2) is 14.9 Å². The maximum atomic E-state index is 13.7. The number of rotatable bonds is 12. The van der Waals surface area contributed by atoms with Crippen LogP contribution in [0.1, 0.15) is 44.5 Å². The largest absolute Gasteiger partial charge is 0.383 e. The second-order valence-corrected chi connectivity index (χ2v) is 9.77. The van der Waals surface area contributed by atoms with Crippen LogP contribution >= 0.6 is 0 Å². The number of fused-ring (bicyclic) bond motifs is 1. The predicted octanol–water partition coefficient (Wildman–Crippen LogP) is 3.65. The van der Waals surface area contributed by atoms with Crippen molar-refractivity contribution in [1.29, 1.82) is 0 Å². The van der Waals surface area contributed by atoms with Gasteiger partial charge in [-0.3, -0.25) is 13.9 Å². The average Bonchev–Trinajstić information content (AvgIpc) is 3.63. The number of hydrogen-bond acceptors (Lipinski definition) is 7. The van der Waals surface area contributed by atoms with Gasteiger partial charge in [-0.15, -0.1) is 5.10 Å². The van der Waals surface area contributed by atoms with Crippen molar-refractivity contribution in [2.24, 2.45) is 0 Å². The molecular weight excluding hydrogens is 508 g/mol. The van der Waals surface area contributed by atoms with E-state index in [0.717, 1.165) is 53.8 Å². The fraction of sp³-hybridized carbons (Fsp3) is 0.379. The number of hydrogen-bond donors (Lipinski definition) is 1. The van der Waals surface area contributed by atoms with Gasteiger partial charge < -0.3 is 9.30 Å². The van der Waals surface area contributed by atoms with Crippen molar-refractivity contribution in [3.05, 3.63) is 80.8 Å². The van der Waals surface area contributed by atoms with Crippen LogP contribution in [0.5, 0.6) is 0 Å². The second kappa shape index (κ2) is 12.2. The molecular formula is C29H34N8O3. The molecule has 11 heteroatoms. The lowest BCUT2D eigenvalue weighted by atomic mass is 9.98. The zero-order valence-corrected chi connectivity index (χ0v) is 23.1. The van der Waals surface area contributed by atoms with E-state index in [9.17, 15) is 9.59 Å². The topological polar surface area (TPSA) is 126 Å². The van der Waals surface area contributed by atoms with E-state index in [2.05, 4.69) is 51.8 Å². The molecule has 40 heavy (non-hydrogen) atoms. The Morgan fingerprint density at radius 1 is 0.900 bits per heavy atom. The van der Waals surface area contributed by atoms with Crippen molar-refractivity contribution in [2.45, 2.75) is 59.2 Å². The van der Waals surface area contributed by atoms with E-state index in [1.165, 1.54) is 4.57 Å². The first-order valence-corrected chi connectivity index (χ1v) is 13.7. The van der Waals surface area contributed by atoms with Crippen LogP contribution in [0.3, 0.4) is 0 Å². The summed E-state index contributed by atoms with van der Waals surface area (Å²) in [4.78, 5) is 31.9. The van der Waals surface area contributed by atoms with Gasteiger partial charge in [-0.2, -0.15) is 0 Å². The summed E-state index contributed by atoms with van der Waals surface area (Å²) in [5.41, 5.74) is 4.22. The Morgan fingerprint density at radius 3 is 2.35 bits per heavy atom. The summed E-state index contributed by atoms with van der Waals surface area (Å²) in [5.74, 6) is 1.42. The third-order valence-electron chi connectivity index (χ3n) is 7.05. The minimum absolute atomic E-state index is 0.193. The number of aromatic nitrogens is 8. The number of benzene rings is 2. The molecule has 0 saturated heterocycles. The lowest BCUT2D eigenvalue weighted by Gasteiger charge is -2.13. The van der Waals surface area contributed by atoms with Gasteiger partial charge in [0.25, 0.3) is 5.56 Å². The molecule has 0 radical (unpaired) electrons. The van der Waals surface area contributed by atoms with Crippen LogP contribution in [-0.2, 0) is 30.8 Å². The van der Waals surface area contributed by atoms with E-state index in [1.54, 1.807) is 11.7 Å². The molecule has 0 aliphatic rings. The van der Waals surface area contributed by atoms with Gasteiger partial charge in [-0.05, 0) is 40.0 Å². The van der Waals surface area contributed by atoms with Crippen LogP contribution in [0.2, 0.25) is 0 Å². The summed E-state index contributed by atoms with van der Waals surface area (Å²) in [6, 6.07) is 16.2. The standard InChI is InChI=1S/C29H34N8O3/c1-4-6-11-24-30-27-25(28(38)36(17-18-40-3)29(39)35(27)16-5-2)37(24)19-20-12-14-21(15-13-20)22-9-7-8-10-23(22)26-31-33-34-32-26/h7-10,12-15H,4-6,11,16-19H2,1-3H3,(H,31,32,33,34). The number of imidazole rings is 1. The summed E-state index contributed by atoms with van der Waals surface area (Å²) in [6.07, 6.45) is 3.41. The molecule has 5 rings (SSSR count). The van der Waals surface area contributed by atoms with E-state index in [1.807, 2.05) is 35.8 Å². The van der Waals surface area contributed by atoms with Gasteiger partial charge in [-0.1, -0.05) is 68.8 Å². The van der Waals surface area contributed by atoms with E-state index in [4.69, 9.17) is 9.72 Å². The normalized spacial score (nSPS) is 11.5. The Balaban J connectivity index is 1.58. The second-order valence-electron chi connectivity index (χ2n) is 9.77. The SMILES string of the molecule is CCCCc1nc2c(c(=O)n(CCOC)c(=O)n2CCC)n1Cc1ccc(-c2ccccc2-c2nnn[nH]2)cc1. The quantitative estimate of drug-likeness (QED) is 0.255. The van der Waals surface area contributed by atoms with Gasteiger partial charge in [0.15, 0.2) is 17.0 Å². The van der Waals surface area contributed by atoms with Crippen LogP contribution in [0.15, 0.2) is 58.1 Å². The molecule has 0 fully saturated rings. The maximum Gasteiger partial charge on any atom is 0.332 e. The minimum Gasteiger partial charge on any atom is -0.383 e. The molecule has 3 aromatic heterocycles. The highest BCUT2D eigenvalue weighted by Gasteiger charge is 2.21. The van der Waals surface area contributed by atoms with E-state index in [0.29, 0.717) is 30.1 Å². The van der Waals surface area contributed by atoms with Gasteiger partial charge in [0, 0.05) is 32.2 Å². The number of aryl methyl sites for hydroxylation is 2. The van der Waals surface area contributed by atoms with Crippen molar-refractivity contribution in [2.75, 3.05) is 13.7 Å². The Labute approximate surface area is 231 Å². The van der Waals surface area contributed by atoms with Crippen LogP contribution < -0.4 is 11.2 Å². The summed E-state index contributed by atoms with van der Waals surface area (Å²) in [5, 5.41) is 14.3. The molecule has 0 spiro atoms. The lowest BCUT2D eigenvalue weighted by Crippen LogP contribution is -2.41. The molecule has 2 aromatic carbocycles. The van der Waals surface area contributed by atoms with Crippen LogP contribution in [0.25, 0.3) is 33.7 Å².